The Bertz CT molecular complexity index is 837. The molecule has 0 aliphatic rings. The van der Waals surface area contributed by atoms with Gasteiger partial charge in [-0.2, -0.15) is 0 Å². The highest BCUT2D eigenvalue weighted by atomic mass is 19.1. The summed E-state index contributed by atoms with van der Waals surface area (Å²) in [4.78, 5) is 11.8. The second kappa shape index (κ2) is 9.03. The zero-order valence-electron chi connectivity index (χ0n) is 15.0. The molecule has 0 amide bonds. The van der Waals surface area contributed by atoms with Crippen LogP contribution in [0.1, 0.15) is 18.9 Å². The maximum atomic E-state index is 13.5. The van der Waals surface area contributed by atoms with Gasteiger partial charge in [-0.3, -0.25) is 4.99 Å². The Morgan fingerprint density at radius 1 is 1.35 bits per heavy atom. The van der Waals surface area contributed by atoms with Crippen molar-refractivity contribution < 1.29 is 4.39 Å². The molecule has 0 unspecified atom stereocenters. The summed E-state index contributed by atoms with van der Waals surface area (Å²) in [7, 11) is 0. The number of imidazole rings is 1. The van der Waals surface area contributed by atoms with Crippen molar-refractivity contribution in [2.75, 3.05) is 19.6 Å². The number of guanidine groups is 1. The third kappa shape index (κ3) is 4.84. The van der Waals surface area contributed by atoms with E-state index < -0.39 is 0 Å². The summed E-state index contributed by atoms with van der Waals surface area (Å²) in [6, 6.07) is 4.82. The lowest BCUT2D eigenvalue weighted by Gasteiger charge is -2.11. The number of aliphatic imine (C=N–C) groups is 1. The average molecular weight is 356 g/mol. The summed E-state index contributed by atoms with van der Waals surface area (Å²) < 4.78 is 15.5. The van der Waals surface area contributed by atoms with Crippen LogP contribution in [0, 0.1) is 5.82 Å². The number of H-pyrrole nitrogens is 1. The molecule has 7 heteroatoms. The number of halogens is 1. The van der Waals surface area contributed by atoms with Gasteiger partial charge >= 0.3 is 0 Å². The Morgan fingerprint density at radius 3 is 3.08 bits per heavy atom. The van der Waals surface area contributed by atoms with Crippen LogP contribution in [0.4, 0.5) is 4.39 Å². The molecule has 2 aromatic heterocycles. The SMILES string of the molecule is CCNC(=NCCCn1ccnc1)NCCc1c[nH]c2ccc(F)cc12. The van der Waals surface area contributed by atoms with Crippen LogP contribution >= 0.6 is 0 Å². The van der Waals surface area contributed by atoms with Crippen molar-refractivity contribution in [3.8, 4) is 0 Å². The quantitative estimate of drug-likeness (QED) is 0.330. The van der Waals surface area contributed by atoms with Crippen molar-refractivity contribution in [1.82, 2.24) is 25.2 Å². The van der Waals surface area contributed by atoms with E-state index >= 15 is 0 Å². The molecule has 3 N–H and O–H groups in total. The summed E-state index contributed by atoms with van der Waals surface area (Å²) in [5.41, 5.74) is 2.06. The normalized spacial score (nSPS) is 11.8. The van der Waals surface area contributed by atoms with Gasteiger partial charge in [0, 0.05) is 55.7 Å². The molecule has 2 heterocycles. The fraction of sp³-hybridized carbons (Fsp3) is 0.368. The van der Waals surface area contributed by atoms with Crippen LogP contribution in [-0.4, -0.2) is 40.1 Å². The highest BCUT2D eigenvalue weighted by Crippen LogP contribution is 2.19. The van der Waals surface area contributed by atoms with Crippen molar-refractivity contribution in [3.05, 3.63) is 54.5 Å². The number of aromatic nitrogens is 3. The number of nitrogens with one attached hydrogen (secondary N) is 3. The number of aryl methyl sites for hydroxylation is 1. The number of rotatable bonds is 8. The highest BCUT2D eigenvalue weighted by Gasteiger charge is 2.05. The van der Waals surface area contributed by atoms with Gasteiger partial charge in [-0.15, -0.1) is 0 Å². The average Bonchev–Trinajstić information content (AvgIpc) is 3.28. The van der Waals surface area contributed by atoms with Crippen molar-refractivity contribution in [1.29, 1.82) is 0 Å². The summed E-state index contributed by atoms with van der Waals surface area (Å²) in [5, 5.41) is 7.54. The van der Waals surface area contributed by atoms with Gasteiger partial charge in [-0.05, 0) is 43.5 Å². The zero-order valence-corrected chi connectivity index (χ0v) is 15.0. The minimum atomic E-state index is -0.209. The Balaban J connectivity index is 1.49. The second-order valence-corrected chi connectivity index (χ2v) is 6.10. The molecule has 26 heavy (non-hydrogen) atoms. The van der Waals surface area contributed by atoms with Crippen LogP contribution in [0.25, 0.3) is 10.9 Å². The molecule has 0 bridgehead atoms. The minimum absolute atomic E-state index is 0.209. The molecule has 0 saturated carbocycles. The molecule has 0 aliphatic heterocycles. The van der Waals surface area contributed by atoms with Gasteiger partial charge in [0.1, 0.15) is 5.82 Å². The number of benzene rings is 1. The van der Waals surface area contributed by atoms with E-state index in [1.165, 1.54) is 6.07 Å². The predicted molar refractivity (Wildman–Crippen MR) is 103 cm³/mol. The Hall–Kier alpha value is -2.83. The van der Waals surface area contributed by atoms with E-state index in [0.29, 0.717) is 0 Å². The van der Waals surface area contributed by atoms with Gasteiger partial charge in [0.05, 0.1) is 6.33 Å². The molecule has 0 saturated heterocycles. The maximum Gasteiger partial charge on any atom is 0.191 e. The monoisotopic (exact) mass is 356 g/mol. The molecule has 3 rings (SSSR count). The third-order valence-corrected chi connectivity index (χ3v) is 4.16. The first-order valence-electron chi connectivity index (χ1n) is 8.99. The molecular formula is C19H25FN6. The van der Waals surface area contributed by atoms with Crippen LogP contribution in [0.3, 0.4) is 0 Å². The molecule has 6 nitrogen and oxygen atoms in total. The fourth-order valence-electron chi connectivity index (χ4n) is 2.88. The number of aromatic amines is 1. The first kappa shape index (κ1) is 18.0. The molecular weight excluding hydrogens is 331 g/mol. The van der Waals surface area contributed by atoms with E-state index in [4.69, 9.17) is 0 Å². The van der Waals surface area contributed by atoms with Gasteiger partial charge in [0.2, 0.25) is 0 Å². The Morgan fingerprint density at radius 2 is 2.27 bits per heavy atom. The molecule has 0 fully saturated rings. The molecule has 3 aromatic rings. The van der Waals surface area contributed by atoms with Crippen LogP contribution in [0.15, 0.2) is 48.1 Å². The summed E-state index contributed by atoms with van der Waals surface area (Å²) in [5.74, 6) is 0.600. The molecule has 138 valence electrons. The van der Waals surface area contributed by atoms with Gasteiger partial charge in [-0.25, -0.2) is 9.37 Å². The van der Waals surface area contributed by atoms with Gasteiger partial charge in [0.15, 0.2) is 5.96 Å². The highest BCUT2D eigenvalue weighted by molar-refractivity contribution is 5.83. The van der Waals surface area contributed by atoms with E-state index in [1.54, 1.807) is 18.3 Å². The fourth-order valence-corrected chi connectivity index (χ4v) is 2.88. The number of hydrogen-bond acceptors (Lipinski definition) is 2. The van der Waals surface area contributed by atoms with E-state index in [-0.39, 0.29) is 5.82 Å². The van der Waals surface area contributed by atoms with E-state index in [2.05, 4.69) is 25.6 Å². The minimum Gasteiger partial charge on any atom is -0.361 e. The second-order valence-electron chi connectivity index (χ2n) is 6.10. The zero-order chi connectivity index (χ0) is 18.2. The number of hydrogen-bond donors (Lipinski definition) is 3. The van der Waals surface area contributed by atoms with Crippen LogP contribution < -0.4 is 10.6 Å². The first-order chi connectivity index (χ1) is 12.8. The third-order valence-electron chi connectivity index (χ3n) is 4.16. The smallest absolute Gasteiger partial charge is 0.191 e. The van der Waals surface area contributed by atoms with Crippen molar-refractivity contribution in [2.45, 2.75) is 26.3 Å². The van der Waals surface area contributed by atoms with Crippen molar-refractivity contribution in [2.24, 2.45) is 4.99 Å². The molecule has 0 spiro atoms. The summed E-state index contributed by atoms with van der Waals surface area (Å²) in [6.07, 6.45) is 9.25. The van der Waals surface area contributed by atoms with Gasteiger partial charge < -0.3 is 20.2 Å². The molecule has 0 atom stereocenters. The van der Waals surface area contributed by atoms with E-state index in [0.717, 1.165) is 61.4 Å². The Labute approximate surface area is 152 Å². The number of fused-ring (bicyclic) bond motifs is 1. The molecule has 0 aliphatic carbocycles. The van der Waals surface area contributed by atoms with Crippen molar-refractivity contribution >= 4 is 16.9 Å². The Kier molecular flexibility index (Phi) is 6.24. The first-order valence-corrected chi connectivity index (χ1v) is 8.99. The summed E-state index contributed by atoms with van der Waals surface area (Å²) >= 11 is 0. The van der Waals surface area contributed by atoms with Gasteiger partial charge in [0.25, 0.3) is 0 Å². The molecule has 0 radical (unpaired) electrons. The largest absolute Gasteiger partial charge is 0.361 e. The lowest BCUT2D eigenvalue weighted by molar-refractivity contribution is 0.629. The standard InChI is InChI=1S/C19H25FN6/c1-2-22-19(23-7-3-10-26-11-9-21-14-26)24-8-6-15-13-25-18-5-4-16(20)12-17(15)18/h4-5,9,11-14,25H,2-3,6-8,10H2,1H3,(H2,22,23,24). The van der Waals surface area contributed by atoms with E-state index in [9.17, 15) is 4.39 Å². The lowest BCUT2D eigenvalue weighted by Crippen LogP contribution is -2.38. The number of nitrogens with zero attached hydrogens (tertiary/aromatic N) is 3. The van der Waals surface area contributed by atoms with Crippen molar-refractivity contribution in [3.63, 3.8) is 0 Å². The lowest BCUT2D eigenvalue weighted by atomic mass is 10.1. The molecule has 1 aromatic carbocycles. The van der Waals surface area contributed by atoms with Crippen LogP contribution in [0.5, 0.6) is 0 Å². The topological polar surface area (TPSA) is 70.0 Å². The summed E-state index contributed by atoms with van der Waals surface area (Å²) in [6.45, 7) is 5.24. The van der Waals surface area contributed by atoms with Crippen LogP contribution in [0.2, 0.25) is 0 Å². The van der Waals surface area contributed by atoms with Crippen LogP contribution in [-0.2, 0) is 13.0 Å². The predicted octanol–water partition coefficient (Wildman–Crippen LogP) is 2.69. The van der Waals surface area contributed by atoms with Gasteiger partial charge in [-0.1, -0.05) is 0 Å². The van der Waals surface area contributed by atoms with E-state index in [1.807, 2.05) is 30.2 Å². The maximum absolute atomic E-state index is 13.5.